The Labute approximate surface area is 153 Å². The molecule has 0 unspecified atom stereocenters. The largest absolute Gasteiger partial charge is 0.497 e. The van der Waals surface area contributed by atoms with Crippen LogP contribution in [-0.4, -0.2) is 53.6 Å². The molecule has 138 valence electrons. The van der Waals surface area contributed by atoms with Crippen LogP contribution in [0.15, 0.2) is 34.9 Å². The topological polar surface area (TPSA) is 58.8 Å². The summed E-state index contributed by atoms with van der Waals surface area (Å²) in [4.78, 5) is 17.3. The minimum Gasteiger partial charge on any atom is -0.497 e. The molecule has 0 spiro atoms. The van der Waals surface area contributed by atoms with Crippen LogP contribution in [0.5, 0.6) is 5.75 Å². The van der Waals surface area contributed by atoms with Crippen LogP contribution >= 0.6 is 0 Å². The highest BCUT2D eigenvalue weighted by Crippen LogP contribution is 2.30. The molecule has 3 fully saturated rings. The molecule has 0 radical (unpaired) electrons. The molecule has 4 heterocycles. The average Bonchev–Trinajstić information content (AvgIpc) is 2.90. The van der Waals surface area contributed by atoms with Gasteiger partial charge >= 0.3 is 0 Å². The number of nitrogens with zero attached hydrogens (tertiary/aromatic N) is 3. The quantitative estimate of drug-likeness (QED) is 0.844. The summed E-state index contributed by atoms with van der Waals surface area (Å²) in [5.41, 5.74) is 2.02. The summed E-state index contributed by atoms with van der Waals surface area (Å²) < 4.78 is 10.4. The zero-order valence-corrected chi connectivity index (χ0v) is 15.4. The fraction of sp³-hybridized carbons (Fsp3) is 0.500. The van der Waals surface area contributed by atoms with Crippen molar-refractivity contribution >= 4 is 5.91 Å². The number of aromatic nitrogens is 1. The highest BCUT2D eigenvalue weighted by atomic mass is 16.5. The van der Waals surface area contributed by atoms with Crippen LogP contribution < -0.4 is 4.74 Å². The number of amides is 1. The molecule has 3 saturated heterocycles. The Bertz CT molecular complexity index is 771. The SMILES string of the molecule is COc1ccc(CN2C[C@@H]3CC[C@H](C2)N(C(=O)c2cc(C)no2)C3)cc1. The maximum Gasteiger partial charge on any atom is 0.292 e. The van der Waals surface area contributed by atoms with Gasteiger partial charge in [-0.15, -0.1) is 0 Å². The number of aryl methyl sites for hydroxylation is 1. The molecule has 0 saturated carbocycles. The Hall–Kier alpha value is -2.34. The molecule has 1 aromatic heterocycles. The van der Waals surface area contributed by atoms with Crippen molar-refractivity contribution in [3.63, 3.8) is 0 Å². The Morgan fingerprint density at radius 1 is 1.23 bits per heavy atom. The number of fused-ring (bicyclic) bond motifs is 4. The van der Waals surface area contributed by atoms with Gasteiger partial charge in [-0.05, 0) is 43.4 Å². The molecule has 6 nitrogen and oxygen atoms in total. The van der Waals surface area contributed by atoms with E-state index in [0.717, 1.165) is 44.0 Å². The molecule has 3 aliphatic rings. The van der Waals surface area contributed by atoms with Gasteiger partial charge in [-0.2, -0.15) is 0 Å². The van der Waals surface area contributed by atoms with Gasteiger partial charge in [0, 0.05) is 38.3 Å². The molecule has 5 rings (SSSR count). The summed E-state index contributed by atoms with van der Waals surface area (Å²) in [7, 11) is 1.68. The van der Waals surface area contributed by atoms with Crippen LogP contribution in [0.3, 0.4) is 0 Å². The number of hydrogen-bond acceptors (Lipinski definition) is 5. The molecule has 26 heavy (non-hydrogen) atoms. The fourth-order valence-electron chi connectivity index (χ4n) is 4.15. The monoisotopic (exact) mass is 355 g/mol. The maximum absolute atomic E-state index is 12.9. The average molecular weight is 355 g/mol. The lowest BCUT2D eigenvalue weighted by molar-refractivity contribution is 0.0543. The van der Waals surface area contributed by atoms with Crippen LogP contribution in [0.2, 0.25) is 0 Å². The summed E-state index contributed by atoms with van der Waals surface area (Å²) in [6.45, 7) is 5.48. The number of methoxy groups -OCH3 is 1. The standard InChI is InChI=1S/C20H25N3O3/c1-14-9-19(26-21-14)20(24)23-12-16-3-6-17(23)13-22(11-16)10-15-4-7-18(25-2)8-5-15/h4-5,7-9,16-17H,3,6,10-13H2,1-2H3/t16-,17+/m0/s1. The Morgan fingerprint density at radius 2 is 2.04 bits per heavy atom. The highest BCUT2D eigenvalue weighted by molar-refractivity contribution is 5.91. The van der Waals surface area contributed by atoms with Gasteiger partial charge in [0.1, 0.15) is 5.75 Å². The first-order valence-electron chi connectivity index (χ1n) is 9.22. The minimum absolute atomic E-state index is 0.0217. The van der Waals surface area contributed by atoms with E-state index < -0.39 is 0 Å². The van der Waals surface area contributed by atoms with Gasteiger partial charge in [0.2, 0.25) is 5.76 Å². The van der Waals surface area contributed by atoms with Gasteiger partial charge in [0.05, 0.1) is 12.8 Å². The van der Waals surface area contributed by atoms with E-state index in [1.807, 2.05) is 24.0 Å². The van der Waals surface area contributed by atoms with Gasteiger partial charge in [-0.1, -0.05) is 17.3 Å². The summed E-state index contributed by atoms with van der Waals surface area (Å²) in [6, 6.07) is 10.2. The van der Waals surface area contributed by atoms with Crippen molar-refractivity contribution in [3.8, 4) is 5.75 Å². The number of carbonyl (C=O) groups excluding carboxylic acids is 1. The van der Waals surface area contributed by atoms with Crippen molar-refractivity contribution in [2.24, 2.45) is 5.92 Å². The Balaban J connectivity index is 1.46. The van der Waals surface area contributed by atoms with Crippen molar-refractivity contribution in [2.45, 2.75) is 32.4 Å². The summed E-state index contributed by atoms with van der Waals surface area (Å²) in [5, 5.41) is 3.86. The van der Waals surface area contributed by atoms with E-state index in [1.165, 1.54) is 12.0 Å². The van der Waals surface area contributed by atoms with Crippen LogP contribution in [-0.2, 0) is 6.54 Å². The summed E-state index contributed by atoms with van der Waals surface area (Å²) in [5.74, 6) is 1.73. The summed E-state index contributed by atoms with van der Waals surface area (Å²) in [6.07, 6.45) is 2.24. The maximum atomic E-state index is 12.9. The van der Waals surface area contributed by atoms with Gasteiger partial charge in [0.15, 0.2) is 0 Å². The third-order valence-electron chi connectivity index (χ3n) is 5.45. The van der Waals surface area contributed by atoms with Crippen molar-refractivity contribution in [1.82, 2.24) is 15.0 Å². The van der Waals surface area contributed by atoms with Crippen LogP contribution in [0.25, 0.3) is 0 Å². The molecule has 2 atom stereocenters. The number of rotatable bonds is 4. The molecular weight excluding hydrogens is 330 g/mol. The molecular formula is C20H25N3O3. The van der Waals surface area contributed by atoms with E-state index in [1.54, 1.807) is 13.2 Å². The molecule has 6 heteroatoms. The Kier molecular flexibility index (Phi) is 4.68. The molecule has 0 aliphatic carbocycles. The predicted octanol–water partition coefficient (Wildman–Crippen LogP) is 2.73. The second-order valence-electron chi connectivity index (χ2n) is 7.43. The molecule has 2 bridgehead atoms. The van der Waals surface area contributed by atoms with Crippen LogP contribution in [0, 0.1) is 12.8 Å². The number of benzene rings is 1. The molecule has 0 N–H and O–H groups in total. The second kappa shape index (κ2) is 7.11. The van der Waals surface area contributed by atoms with E-state index in [9.17, 15) is 4.79 Å². The van der Waals surface area contributed by atoms with Gasteiger partial charge in [0.25, 0.3) is 5.91 Å². The lowest BCUT2D eigenvalue weighted by atomic mass is 9.95. The third-order valence-corrected chi connectivity index (χ3v) is 5.45. The van der Waals surface area contributed by atoms with E-state index in [2.05, 4.69) is 22.2 Å². The number of hydrogen-bond donors (Lipinski definition) is 0. The van der Waals surface area contributed by atoms with Crippen LogP contribution in [0.1, 0.15) is 34.7 Å². The Morgan fingerprint density at radius 3 is 2.73 bits per heavy atom. The summed E-state index contributed by atoms with van der Waals surface area (Å²) >= 11 is 0. The van der Waals surface area contributed by atoms with E-state index in [4.69, 9.17) is 9.26 Å². The zero-order chi connectivity index (χ0) is 18.1. The molecule has 3 aliphatic heterocycles. The first kappa shape index (κ1) is 17.1. The highest BCUT2D eigenvalue weighted by Gasteiger charge is 2.38. The smallest absolute Gasteiger partial charge is 0.292 e. The van der Waals surface area contributed by atoms with Gasteiger partial charge in [-0.25, -0.2) is 0 Å². The third kappa shape index (κ3) is 3.46. The van der Waals surface area contributed by atoms with E-state index in [-0.39, 0.29) is 11.9 Å². The fourth-order valence-corrected chi connectivity index (χ4v) is 4.15. The van der Waals surface area contributed by atoms with Crippen molar-refractivity contribution in [3.05, 3.63) is 47.3 Å². The normalized spacial score (nSPS) is 23.1. The second-order valence-corrected chi connectivity index (χ2v) is 7.43. The van der Waals surface area contributed by atoms with Crippen molar-refractivity contribution in [2.75, 3.05) is 26.7 Å². The van der Waals surface area contributed by atoms with Gasteiger partial charge in [-0.3, -0.25) is 9.69 Å². The van der Waals surface area contributed by atoms with Gasteiger partial charge < -0.3 is 14.2 Å². The lowest BCUT2D eigenvalue weighted by Gasteiger charge is -2.35. The first-order valence-corrected chi connectivity index (χ1v) is 9.22. The van der Waals surface area contributed by atoms with E-state index in [0.29, 0.717) is 11.7 Å². The predicted molar refractivity (Wildman–Crippen MR) is 97.1 cm³/mol. The van der Waals surface area contributed by atoms with Crippen molar-refractivity contribution < 1.29 is 14.1 Å². The number of carbonyl (C=O) groups is 1. The zero-order valence-electron chi connectivity index (χ0n) is 15.4. The van der Waals surface area contributed by atoms with Crippen LogP contribution in [0.4, 0.5) is 0 Å². The lowest BCUT2D eigenvalue weighted by Crippen LogP contribution is -2.47. The molecule has 1 amide bonds. The number of piperidine rings is 1. The first-order chi connectivity index (χ1) is 12.6. The van der Waals surface area contributed by atoms with E-state index >= 15 is 0 Å². The van der Waals surface area contributed by atoms with Crippen molar-refractivity contribution in [1.29, 1.82) is 0 Å². The minimum atomic E-state index is -0.0217. The molecule has 1 aromatic carbocycles. The molecule has 2 aromatic rings. The number of ether oxygens (including phenoxy) is 1.